The maximum Gasteiger partial charge on any atom is 0.372 e. The van der Waals surface area contributed by atoms with Crippen LogP contribution in [0.4, 0.5) is 5.69 Å². The number of nitrogen functional groups attached to an aromatic ring is 1. The van der Waals surface area contributed by atoms with E-state index < -0.39 is 24.0 Å². The van der Waals surface area contributed by atoms with Crippen molar-refractivity contribution in [1.82, 2.24) is 0 Å². The van der Waals surface area contributed by atoms with Crippen molar-refractivity contribution in [2.75, 3.05) is 5.73 Å². The van der Waals surface area contributed by atoms with Crippen LogP contribution in [-0.4, -0.2) is 27.7 Å². The summed E-state index contributed by atoms with van der Waals surface area (Å²) in [5.74, 6) is -3.91. The van der Waals surface area contributed by atoms with Crippen molar-refractivity contribution < 1.29 is 24.6 Å². The molecule has 0 amide bonds. The number of rotatable bonds is 4. The van der Waals surface area contributed by atoms with Gasteiger partial charge in [-0.3, -0.25) is 9.59 Å². The van der Waals surface area contributed by atoms with Gasteiger partial charge in [-0.05, 0) is 12.1 Å². The summed E-state index contributed by atoms with van der Waals surface area (Å²) in [4.78, 5) is 32.5. The molecule has 0 aliphatic carbocycles. The number of Topliss-reactive ketones (excluding diaryl/α,β-unsaturated/α-hetero) is 2. The number of ketones is 2. The van der Waals surface area contributed by atoms with Gasteiger partial charge in [-0.25, -0.2) is 4.79 Å². The highest BCUT2D eigenvalue weighted by molar-refractivity contribution is 6.37. The molecule has 1 aromatic carbocycles. The Morgan fingerprint density at radius 2 is 1.88 bits per heavy atom. The van der Waals surface area contributed by atoms with Crippen molar-refractivity contribution >= 4 is 23.2 Å². The standard InChI is InChI=1S/C10H9NO5/c11-9-5(2-1-3-6(9)12)7(13)4-8(14)10(15)16/h1-3,12H,4,11H2,(H,15,16). The highest BCUT2D eigenvalue weighted by Crippen LogP contribution is 2.24. The topological polar surface area (TPSA) is 118 Å². The van der Waals surface area contributed by atoms with Crippen molar-refractivity contribution in [1.29, 1.82) is 0 Å². The fourth-order valence-electron chi connectivity index (χ4n) is 1.11. The van der Waals surface area contributed by atoms with Gasteiger partial charge in [0.15, 0.2) is 5.78 Å². The summed E-state index contributed by atoms with van der Waals surface area (Å²) in [7, 11) is 0. The second kappa shape index (κ2) is 4.43. The molecule has 0 aromatic heterocycles. The molecule has 0 radical (unpaired) electrons. The van der Waals surface area contributed by atoms with Gasteiger partial charge >= 0.3 is 5.97 Å². The Balaban J connectivity index is 2.94. The van der Waals surface area contributed by atoms with Crippen LogP contribution in [0.25, 0.3) is 0 Å². The Kier molecular flexibility index (Phi) is 3.24. The summed E-state index contributed by atoms with van der Waals surface area (Å²) in [6.45, 7) is 0. The molecule has 0 spiro atoms. The average Bonchev–Trinajstić information content (AvgIpc) is 2.21. The van der Waals surface area contributed by atoms with Crippen LogP contribution in [0.2, 0.25) is 0 Å². The third kappa shape index (κ3) is 2.35. The zero-order valence-corrected chi connectivity index (χ0v) is 8.14. The van der Waals surface area contributed by atoms with Crippen LogP contribution in [0.3, 0.4) is 0 Å². The Morgan fingerprint density at radius 1 is 1.25 bits per heavy atom. The molecule has 16 heavy (non-hydrogen) atoms. The number of nitrogens with two attached hydrogens (primary N) is 1. The van der Waals surface area contributed by atoms with Gasteiger partial charge in [0.05, 0.1) is 12.1 Å². The van der Waals surface area contributed by atoms with Crippen LogP contribution in [-0.2, 0) is 9.59 Å². The first-order valence-electron chi connectivity index (χ1n) is 4.30. The van der Waals surface area contributed by atoms with E-state index in [-0.39, 0.29) is 17.0 Å². The first-order valence-corrected chi connectivity index (χ1v) is 4.30. The van der Waals surface area contributed by atoms with Crippen LogP contribution in [0, 0.1) is 0 Å². The number of anilines is 1. The third-order valence-electron chi connectivity index (χ3n) is 1.94. The lowest BCUT2D eigenvalue weighted by Gasteiger charge is -2.04. The molecule has 1 aromatic rings. The number of phenolic OH excluding ortho intramolecular Hbond substituents is 1. The Labute approximate surface area is 90.3 Å². The quantitative estimate of drug-likeness (QED) is 0.220. The van der Waals surface area contributed by atoms with E-state index in [0.29, 0.717) is 0 Å². The van der Waals surface area contributed by atoms with E-state index in [1.54, 1.807) is 0 Å². The van der Waals surface area contributed by atoms with Crippen molar-refractivity contribution in [3.8, 4) is 5.75 Å². The van der Waals surface area contributed by atoms with Crippen LogP contribution >= 0.6 is 0 Å². The first kappa shape index (κ1) is 11.7. The zero-order chi connectivity index (χ0) is 12.3. The molecular weight excluding hydrogens is 214 g/mol. The van der Waals surface area contributed by atoms with Gasteiger partial charge in [0, 0.05) is 5.56 Å². The van der Waals surface area contributed by atoms with Crippen LogP contribution < -0.4 is 5.73 Å². The molecule has 0 fully saturated rings. The number of carboxylic acid groups (broad SMARTS) is 1. The fourth-order valence-corrected chi connectivity index (χ4v) is 1.11. The Hall–Kier alpha value is -2.37. The molecule has 6 heteroatoms. The zero-order valence-electron chi connectivity index (χ0n) is 8.14. The van der Waals surface area contributed by atoms with Crippen molar-refractivity contribution in [2.45, 2.75) is 6.42 Å². The van der Waals surface area contributed by atoms with E-state index in [2.05, 4.69) is 0 Å². The van der Waals surface area contributed by atoms with Gasteiger partial charge in [-0.2, -0.15) is 0 Å². The van der Waals surface area contributed by atoms with Gasteiger partial charge in [0.2, 0.25) is 5.78 Å². The van der Waals surface area contributed by atoms with E-state index in [1.165, 1.54) is 18.2 Å². The number of hydrogen-bond acceptors (Lipinski definition) is 5. The fraction of sp³-hybridized carbons (Fsp3) is 0.100. The molecule has 0 unspecified atom stereocenters. The monoisotopic (exact) mass is 223 g/mol. The predicted molar refractivity (Wildman–Crippen MR) is 54.1 cm³/mol. The summed E-state index contributed by atoms with van der Waals surface area (Å²) in [6.07, 6.45) is -0.775. The minimum atomic E-state index is -1.67. The average molecular weight is 223 g/mol. The molecule has 0 aliphatic rings. The third-order valence-corrected chi connectivity index (χ3v) is 1.94. The molecule has 4 N–H and O–H groups in total. The lowest BCUT2D eigenvalue weighted by molar-refractivity contribution is -0.148. The predicted octanol–water partition coefficient (Wildman–Crippen LogP) is 0.201. The molecule has 6 nitrogen and oxygen atoms in total. The minimum absolute atomic E-state index is 0.0606. The number of carbonyl (C=O) groups is 3. The Morgan fingerprint density at radius 3 is 2.44 bits per heavy atom. The number of hydrogen-bond donors (Lipinski definition) is 3. The van der Waals surface area contributed by atoms with Crippen LogP contribution in [0.1, 0.15) is 16.8 Å². The molecule has 1 rings (SSSR count). The van der Waals surface area contributed by atoms with Crippen molar-refractivity contribution in [3.63, 3.8) is 0 Å². The summed E-state index contributed by atoms with van der Waals surface area (Å²) in [6, 6.07) is 3.97. The Bertz CT molecular complexity index is 466. The number of carboxylic acids is 1. The van der Waals surface area contributed by atoms with Gasteiger partial charge in [-0.15, -0.1) is 0 Å². The van der Waals surface area contributed by atoms with Crippen molar-refractivity contribution in [3.05, 3.63) is 23.8 Å². The summed E-state index contributed by atoms with van der Waals surface area (Å²) in [5.41, 5.74) is 5.18. The van der Waals surface area contributed by atoms with E-state index in [0.717, 1.165) is 0 Å². The normalized spacial score (nSPS) is 9.75. The second-order valence-electron chi connectivity index (χ2n) is 3.07. The number of carbonyl (C=O) groups excluding carboxylic acids is 2. The van der Waals surface area contributed by atoms with Gasteiger partial charge < -0.3 is 15.9 Å². The maximum absolute atomic E-state index is 11.5. The number of phenols is 1. The minimum Gasteiger partial charge on any atom is -0.506 e. The molecule has 0 bridgehead atoms. The molecule has 0 heterocycles. The van der Waals surface area contributed by atoms with Crippen LogP contribution in [0.15, 0.2) is 18.2 Å². The van der Waals surface area contributed by atoms with E-state index in [4.69, 9.17) is 10.8 Å². The SMILES string of the molecule is Nc1c(O)cccc1C(=O)CC(=O)C(=O)O. The van der Waals surface area contributed by atoms with E-state index in [9.17, 15) is 19.5 Å². The molecule has 0 saturated carbocycles. The summed E-state index contributed by atoms with van der Waals surface area (Å²) >= 11 is 0. The highest BCUT2D eigenvalue weighted by Gasteiger charge is 2.20. The summed E-state index contributed by atoms with van der Waals surface area (Å²) < 4.78 is 0. The lowest BCUT2D eigenvalue weighted by Crippen LogP contribution is -2.17. The maximum atomic E-state index is 11.5. The molecular formula is C10H9NO5. The van der Waals surface area contributed by atoms with E-state index in [1.807, 2.05) is 0 Å². The smallest absolute Gasteiger partial charge is 0.372 e. The van der Waals surface area contributed by atoms with Crippen molar-refractivity contribution in [2.24, 2.45) is 0 Å². The highest BCUT2D eigenvalue weighted by atomic mass is 16.4. The van der Waals surface area contributed by atoms with Gasteiger partial charge in [0.25, 0.3) is 0 Å². The lowest BCUT2D eigenvalue weighted by atomic mass is 10.0. The van der Waals surface area contributed by atoms with E-state index >= 15 is 0 Å². The second-order valence-corrected chi connectivity index (χ2v) is 3.07. The number of benzene rings is 1. The first-order chi connectivity index (χ1) is 7.43. The molecule has 84 valence electrons. The van der Waals surface area contributed by atoms with Crippen LogP contribution in [0.5, 0.6) is 5.75 Å². The molecule has 0 aliphatic heterocycles. The van der Waals surface area contributed by atoms with Gasteiger partial charge in [-0.1, -0.05) is 6.07 Å². The molecule has 0 atom stereocenters. The summed E-state index contributed by atoms with van der Waals surface area (Å²) in [5, 5.41) is 17.5. The molecule has 0 saturated heterocycles. The van der Waals surface area contributed by atoms with Gasteiger partial charge in [0.1, 0.15) is 5.75 Å². The largest absolute Gasteiger partial charge is 0.506 e. The number of para-hydroxylation sites is 1. The number of aromatic hydroxyl groups is 1. The number of aliphatic carboxylic acids is 1.